The normalized spacial score (nSPS) is 11.8. The second-order valence-corrected chi connectivity index (χ2v) is 9.27. The number of fused-ring (bicyclic) bond motifs is 1. The fraction of sp³-hybridized carbons (Fsp3) is 0.290. The van der Waals surface area contributed by atoms with Gasteiger partial charge in [-0.2, -0.15) is 0 Å². The van der Waals surface area contributed by atoms with Crippen LogP contribution in [0.1, 0.15) is 65.2 Å². The van der Waals surface area contributed by atoms with Crippen molar-refractivity contribution in [1.82, 2.24) is 0 Å². The third-order valence-electron chi connectivity index (χ3n) is 6.95. The van der Waals surface area contributed by atoms with Crippen molar-refractivity contribution in [3.63, 3.8) is 0 Å². The second-order valence-electron chi connectivity index (χ2n) is 9.27. The van der Waals surface area contributed by atoms with Crippen molar-refractivity contribution in [2.75, 3.05) is 13.9 Å². The molecule has 0 aliphatic heterocycles. The summed E-state index contributed by atoms with van der Waals surface area (Å²) in [4.78, 5) is 26.2. The predicted molar refractivity (Wildman–Crippen MR) is 142 cm³/mol. The molecule has 1 aliphatic carbocycles. The van der Waals surface area contributed by atoms with Gasteiger partial charge >= 0.3 is 11.9 Å². The van der Waals surface area contributed by atoms with Gasteiger partial charge in [-0.3, -0.25) is 0 Å². The number of aryl methyl sites for hydroxylation is 1. The highest BCUT2D eigenvalue weighted by molar-refractivity contribution is 5.98. The summed E-state index contributed by atoms with van der Waals surface area (Å²) in [7, 11) is 1.46. The fourth-order valence-corrected chi connectivity index (χ4v) is 4.76. The van der Waals surface area contributed by atoms with Crippen LogP contribution in [0.15, 0.2) is 42.5 Å². The molecule has 0 N–H and O–H groups in total. The largest absolute Gasteiger partial charge is 0.488 e. The van der Waals surface area contributed by atoms with E-state index >= 15 is 0 Å². The molecule has 4 rings (SSSR count). The van der Waals surface area contributed by atoms with Crippen LogP contribution < -0.4 is 9.47 Å². The first-order valence-electron chi connectivity index (χ1n) is 12.2. The van der Waals surface area contributed by atoms with Crippen LogP contribution in [0.4, 0.5) is 0 Å². The lowest BCUT2D eigenvalue weighted by atomic mass is 9.92. The number of allylic oxidation sites excluding steroid dienone is 1. The molecule has 0 saturated heterocycles. The van der Waals surface area contributed by atoms with E-state index in [2.05, 4.69) is 0 Å². The molecular weight excluding hydrogens is 468 g/mol. The van der Waals surface area contributed by atoms with Gasteiger partial charge in [0.2, 0.25) is 0 Å². The number of ether oxygens (including phenoxy) is 4. The van der Waals surface area contributed by atoms with Crippen molar-refractivity contribution in [3.05, 3.63) is 98.1 Å². The molecule has 0 spiro atoms. The van der Waals surface area contributed by atoms with Crippen molar-refractivity contribution in [2.24, 2.45) is 0 Å². The van der Waals surface area contributed by atoms with Crippen LogP contribution in [0.2, 0.25) is 0 Å². The van der Waals surface area contributed by atoms with Gasteiger partial charge in [0.15, 0.2) is 6.79 Å². The van der Waals surface area contributed by atoms with Crippen molar-refractivity contribution in [1.29, 1.82) is 0 Å². The Kier molecular flexibility index (Phi) is 7.79. The summed E-state index contributed by atoms with van der Waals surface area (Å²) >= 11 is 0. The zero-order chi connectivity index (χ0) is 26.7. The van der Waals surface area contributed by atoms with E-state index in [9.17, 15) is 9.59 Å². The van der Waals surface area contributed by atoms with E-state index in [4.69, 9.17) is 18.9 Å². The Balaban J connectivity index is 1.64. The summed E-state index contributed by atoms with van der Waals surface area (Å²) < 4.78 is 22.2. The van der Waals surface area contributed by atoms with Gasteiger partial charge in [-0.1, -0.05) is 42.5 Å². The lowest BCUT2D eigenvalue weighted by Gasteiger charge is -2.21. The summed E-state index contributed by atoms with van der Waals surface area (Å²) in [6.45, 7) is 9.56. The third-order valence-corrected chi connectivity index (χ3v) is 6.95. The molecule has 37 heavy (non-hydrogen) atoms. The van der Waals surface area contributed by atoms with Gasteiger partial charge in [0.1, 0.15) is 18.1 Å². The van der Waals surface area contributed by atoms with Crippen molar-refractivity contribution >= 4 is 18.0 Å². The molecule has 0 saturated carbocycles. The highest BCUT2D eigenvalue weighted by atomic mass is 16.7. The van der Waals surface area contributed by atoms with Crippen LogP contribution in [0, 0.1) is 34.6 Å². The van der Waals surface area contributed by atoms with E-state index in [1.165, 1.54) is 7.11 Å². The minimum absolute atomic E-state index is 0.129. The number of benzene rings is 3. The van der Waals surface area contributed by atoms with Crippen LogP contribution >= 0.6 is 0 Å². The molecule has 0 bridgehead atoms. The molecule has 0 unspecified atom stereocenters. The molecule has 0 fully saturated rings. The maximum Gasteiger partial charge on any atom is 0.344 e. The lowest BCUT2D eigenvalue weighted by molar-refractivity contribution is -0.0126. The molecule has 192 valence electrons. The molecule has 0 amide bonds. The van der Waals surface area contributed by atoms with E-state index in [0.29, 0.717) is 41.0 Å². The first kappa shape index (κ1) is 26.2. The number of carbonyl (C=O) groups is 2. The highest BCUT2D eigenvalue weighted by Gasteiger charge is 2.27. The fourth-order valence-electron chi connectivity index (χ4n) is 4.76. The van der Waals surface area contributed by atoms with Crippen molar-refractivity contribution < 1.29 is 28.5 Å². The summed E-state index contributed by atoms with van der Waals surface area (Å²) in [5, 5.41) is 0. The monoisotopic (exact) mass is 500 g/mol. The second kappa shape index (κ2) is 11.0. The topological polar surface area (TPSA) is 71.1 Å². The van der Waals surface area contributed by atoms with E-state index in [1.54, 1.807) is 0 Å². The number of hydrogen-bond acceptors (Lipinski definition) is 6. The van der Waals surface area contributed by atoms with Gasteiger partial charge in [0, 0.05) is 12.7 Å². The molecular formula is C31H32O6. The lowest BCUT2D eigenvalue weighted by Crippen LogP contribution is -2.18. The molecule has 0 radical (unpaired) electrons. The molecule has 3 aromatic carbocycles. The van der Waals surface area contributed by atoms with E-state index in [0.717, 1.165) is 39.1 Å². The van der Waals surface area contributed by atoms with Gasteiger partial charge in [-0.15, -0.1) is 0 Å². The van der Waals surface area contributed by atoms with Gasteiger partial charge < -0.3 is 18.9 Å². The Morgan fingerprint density at radius 3 is 2.19 bits per heavy atom. The zero-order valence-corrected chi connectivity index (χ0v) is 22.2. The Hall–Kier alpha value is -3.90. The number of carbonyl (C=O) groups excluding carboxylic acids is 2. The Bertz CT molecular complexity index is 1360. The standard InChI is InChI=1S/C31H32O6/c1-18-15-26(35-16-23-11-8-7-9-12-23)24-13-10-14-25(24)27(18)31(33)37-29-21(4)19(2)28(20(3)22(29)5)30(32)36-17-34-6/h7-13,15H,14,16-17H2,1-6H3. The van der Waals surface area contributed by atoms with Crippen LogP contribution in [0.25, 0.3) is 6.08 Å². The molecule has 1 aliphatic rings. The summed E-state index contributed by atoms with van der Waals surface area (Å²) in [5.41, 5.74) is 7.54. The number of rotatable bonds is 8. The number of methoxy groups -OCH3 is 1. The maximum absolute atomic E-state index is 13.6. The number of hydrogen-bond donors (Lipinski definition) is 0. The van der Waals surface area contributed by atoms with Gasteiger partial charge in [-0.25, -0.2) is 9.59 Å². The minimum atomic E-state index is -0.466. The quantitative estimate of drug-likeness (QED) is 0.204. The minimum Gasteiger partial charge on any atom is -0.488 e. The van der Waals surface area contributed by atoms with Gasteiger partial charge in [-0.05, 0) is 86.1 Å². The predicted octanol–water partition coefficient (Wildman–Crippen LogP) is 6.36. The molecule has 0 aromatic heterocycles. The van der Waals surface area contributed by atoms with E-state index in [1.807, 2.05) is 83.2 Å². The van der Waals surface area contributed by atoms with E-state index in [-0.39, 0.29) is 6.79 Å². The van der Waals surface area contributed by atoms with Crippen LogP contribution in [0.3, 0.4) is 0 Å². The summed E-state index contributed by atoms with van der Waals surface area (Å²) in [5.74, 6) is 0.324. The Morgan fingerprint density at radius 2 is 1.54 bits per heavy atom. The van der Waals surface area contributed by atoms with Crippen molar-refractivity contribution in [2.45, 2.75) is 47.6 Å². The van der Waals surface area contributed by atoms with Gasteiger partial charge in [0.25, 0.3) is 0 Å². The van der Waals surface area contributed by atoms with Crippen LogP contribution in [-0.4, -0.2) is 25.8 Å². The van der Waals surface area contributed by atoms with Gasteiger partial charge in [0.05, 0.1) is 11.1 Å². The molecule has 6 nitrogen and oxygen atoms in total. The Labute approximate surface area is 217 Å². The third kappa shape index (κ3) is 5.16. The molecule has 0 heterocycles. The first-order chi connectivity index (χ1) is 17.7. The SMILES string of the molecule is COCOC(=O)c1c(C)c(C)c(OC(=O)c2c(C)cc(OCc3ccccc3)c3c2CC=C3)c(C)c1C. The molecule has 0 atom stereocenters. The zero-order valence-electron chi connectivity index (χ0n) is 22.2. The van der Waals surface area contributed by atoms with Crippen LogP contribution in [-0.2, 0) is 22.5 Å². The number of esters is 2. The Morgan fingerprint density at radius 1 is 0.865 bits per heavy atom. The summed E-state index contributed by atoms with van der Waals surface area (Å²) in [6, 6.07) is 11.9. The van der Waals surface area contributed by atoms with E-state index < -0.39 is 11.9 Å². The molecule has 3 aromatic rings. The average Bonchev–Trinajstić information content (AvgIpc) is 3.37. The van der Waals surface area contributed by atoms with Crippen molar-refractivity contribution in [3.8, 4) is 11.5 Å². The van der Waals surface area contributed by atoms with Crippen LogP contribution in [0.5, 0.6) is 11.5 Å². The average molecular weight is 501 g/mol. The highest BCUT2D eigenvalue weighted by Crippen LogP contribution is 2.37. The smallest absolute Gasteiger partial charge is 0.344 e. The summed E-state index contributed by atoms with van der Waals surface area (Å²) in [6.07, 6.45) is 4.65. The first-order valence-corrected chi connectivity index (χ1v) is 12.2. The molecule has 6 heteroatoms. The maximum atomic E-state index is 13.6.